The van der Waals surface area contributed by atoms with Crippen molar-refractivity contribution in [1.29, 1.82) is 0 Å². The summed E-state index contributed by atoms with van der Waals surface area (Å²) in [5, 5.41) is 0. The first-order valence-corrected chi connectivity index (χ1v) is 9.44. The maximum atomic E-state index is 12.9. The Hall–Kier alpha value is -1.04. The van der Waals surface area contributed by atoms with Crippen LogP contribution in [0.4, 0.5) is 5.82 Å². The number of nitrogens with zero attached hydrogens (tertiary/aromatic N) is 3. The number of nitrogens with two attached hydrogens (primary N) is 1. The summed E-state index contributed by atoms with van der Waals surface area (Å²) in [5.41, 5.74) is 6.78. The van der Waals surface area contributed by atoms with Crippen LogP contribution in [-0.2, 0) is 0 Å². The molecule has 0 spiro atoms. The first-order chi connectivity index (χ1) is 11.7. The van der Waals surface area contributed by atoms with Gasteiger partial charge < -0.3 is 15.5 Å². The van der Waals surface area contributed by atoms with Crippen LogP contribution in [0.15, 0.2) is 18.3 Å². The van der Waals surface area contributed by atoms with Crippen LogP contribution >= 0.6 is 24.8 Å². The fourth-order valence-electron chi connectivity index (χ4n) is 3.92. The van der Waals surface area contributed by atoms with E-state index < -0.39 is 0 Å². The van der Waals surface area contributed by atoms with E-state index in [0.29, 0.717) is 5.56 Å². The molecule has 2 N–H and O–H groups in total. The maximum absolute atomic E-state index is 12.9. The Balaban J connectivity index is 0.00000169. The van der Waals surface area contributed by atoms with Crippen LogP contribution in [0.1, 0.15) is 62.2 Å². The number of carbonyl (C=O) groups excluding carboxylic acids is 1. The van der Waals surface area contributed by atoms with Crippen molar-refractivity contribution in [2.45, 2.75) is 64.0 Å². The normalized spacial score (nSPS) is 21.8. The zero-order chi connectivity index (χ0) is 16.9. The van der Waals surface area contributed by atoms with E-state index in [-0.39, 0.29) is 42.8 Å². The van der Waals surface area contributed by atoms with Gasteiger partial charge in [0.2, 0.25) is 0 Å². The Morgan fingerprint density at radius 2 is 1.73 bits per heavy atom. The second kappa shape index (κ2) is 11.0. The van der Waals surface area contributed by atoms with Gasteiger partial charge in [0.05, 0.1) is 5.56 Å². The van der Waals surface area contributed by atoms with Crippen molar-refractivity contribution in [3.05, 3.63) is 23.9 Å². The molecule has 7 heteroatoms. The van der Waals surface area contributed by atoms with Crippen LogP contribution in [0, 0.1) is 0 Å². The fraction of sp³-hybridized carbons (Fsp3) is 0.684. The van der Waals surface area contributed by atoms with Gasteiger partial charge in [-0.05, 0) is 51.2 Å². The lowest BCUT2D eigenvalue weighted by molar-refractivity contribution is 0.0583. The van der Waals surface area contributed by atoms with Crippen molar-refractivity contribution in [3.63, 3.8) is 0 Å². The molecule has 0 aromatic carbocycles. The molecule has 26 heavy (non-hydrogen) atoms. The summed E-state index contributed by atoms with van der Waals surface area (Å²) < 4.78 is 0. The number of halogens is 2. The summed E-state index contributed by atoms with van der Waals surface area (Å²) in [6.07, 6.45) is 10.0. The highest BCUT2D eigenvalue weighted by Crippen LogP contribution is 2.22. The van der Waals surface area contributed by atoms with E-state index in [1.165, 1.54) is 25.7 Å². The Morgan fingerprint density at radius 3 is 2.31 bits per heavy atom. The molecular weight excluding hydrogens is 371 g/mol. The molecule has 5 nitrogen and oxygen atoms in total. The van der Waals surface area contributed by atoms with Crippen molar-refractivity contribution in [1.82, 2.24) is 9.88 Å². The number of hydrogen-bond acceptors (Lipinski definition) is 4. The summed E-state index contributed by atoms with van der Waals surface area (Å²) in [7, 11) is 0. The Morgan fingerprint density at radius 1 is 1.08 bits per heavy atom. The molecule has 0 bridgehead atoms. The van der Waals surface area contributed by atoms with Gasteiger partial charge in [-0.25, -0.2) is 4.98 Å². The van der Waals surface area contributed by atoms with Gasteiger partial charge in [0, 0.05) is 37.9 Å². The molecule has 2 aliphatic heterocycles. The minimum absolute atomic E-state index is 0. The number of pyridine rings is 1. The van der Waals surface area contributed by atoms with Gasteiger partial charge in [0.25, 0.3) is 5.91 Å². The third kappa shape index (κ3) is 5.48. The van der Waals surface area contributed by atoms with Gasteiger partial charge in [-0.2, -0.15) is 0 Å². The smallest absolute Gasteiger partial charge is 0.255 e. The minimum Gasteiger partial charge on any atom is -0.357 e. The Bertz CT molecular complexity index is 545. The van der Waals surface area contributed by atoms with E-state index in [0.717, 1.165) is 44.7 Å². The van der Waals surface area contributed by atoms with Crippen molar-refractivity contribution in [3.8, 4) is 0 Å². The lowest BCUT2D eigenvalue weighted by Gasteiger charge is -2.38. The summed E-state index contributed by atoms with van der Waals surface area (Å²) >= 11 is 0. The van der Waals surface area contributed by atoms with E-state index >= 15 is 0 Å². The van der Waals surface area contributed by atoms with Gasteiger partial charge in [0.1, 0.15) is 5.82 Å². The highest BCUT2D eigenvalue weighted by atomic mass is 35.5. The minimum atomic E-state index is 0. The number of anilines is 1. The molecular formula is C19H32Cl2N4O. The van der Waals surface area contributed by atoms with Crippen molar-refractivity contribution in [2.24, 2.45) is 5.73 Å². The second-order valence-corrected chi connectivity index (χ2v) is 7.23. The van der Waals surface area contributed by atoms with E-state index in [2.05, 4.69) is 9.88 Å². The van der Waals surface area contributed by atoms with Crippen LogP contribution in [0.25, 0.3) is 0 Å². The number of carbonyl (C=O) groups is 1. The average molecular weight is 403 g/mol. The molecule has 2 aliphatic rings. The number of likely N-dealkylation sites (tertiary alicyclic amines) is 1. The lowest BCUT2D eigenvalue weighted by Crippen LogP contribution is -2.51. The standard InChI is InChI=1S/C19H30N4O.2ClH/c1-15(20)17-8-4-7-13-23(17)19(24)16-9-10-18(21-14-16)22-11-5-2-3-6-12-22;;/h9-10,14-15,17H,2-8,11-13,20H2,1H3;2*1H. The third-order valence-corrected chi connectivity index (χ3v) is 5.34. The molecule has 1 aromatic heterocycles. The molecule has 1 amide bonds. The van der Waals surface area contributed by atoms with Crippen LogP contribution in [0.3, 0.4) is 0 Å². The summed E-state index contributed by atoms with van der Waals surface area (Å²) in [6.45, 7) is 4.94. The first-order valence-electron chi connectivity index (χ1n) is 9.44. The van der Waals surface area contributed by atoms with E-state index in [9.17, 15) is 4.79 Å². The number of rotatable bonds is 3. The van der Waals surface area contributed by atoms with E-state index in [1.807, 2.05) is 24.0 Å². The zero-order valence-corrected chi connectivity index (χ0v) is 17.2. The third-order valence-electron chi connectivity index (χ3n) is 5.34. The number of amides is 1. The van der Waals surface area contributed by atoms with Gasteiger partial charge in [0.15, 0.2) is 0 Å². The average Bonchev–Trinajstić information content (AvgIpc) is 2.90. The SMILES string of the molecule is CC(N)C1CCCCN1C(=O)c1ccc(N2CCCCCC2)nc1.Cl.Cl. The summed E-state index contributed by atoms with van der Waals surface area (Å²) in [5.74, 6) is 1.07. The summed E-state index contributed by atoms with van der Waals surface area (Å²) in [4.78, 5) is 21.7. The van der Waals surface area contributed by atoms with Gasteiger partial charge >= 0.3 is 0 Å². The largest absolute Gasteiger partial charge is 0.357 e. The monoisotopic (exact) mass is 402 g/mol. The van der Waals surface area contributed by atoms with Crippen molar-refractivity contribution < 1.29 is 4.79 Å². The molecule has 0 radical (unpaired) electrons. The van der Waals surface area contributed by atoms with Crippen LogP contribution in [0.5, 0.6) is 0 Å². The Kier molecular flexibility index (Phi) is 9.69. The van der Waals surface area contributed by atoms with E-state index in [1.54, 1.807) is 6.20 Å². The predicted octanol–water partition coefficient (Wildman–Crippen LogP) is 3.65. The molecule has 148 valence electrons. The predicted molar refractivity (Wildman–Crippen MR) is 112 cm³/mol. The molecule has 2 fully saturated rings. The van der Waals surface area contributed by atoms with Gasteiger partial charge in [-0.15, -0.1) is 24.8 Å². The van der Waals surface area contributed by atoms with Crippen molar-refractivity contribution in [2.75, 3.05) is 24.5 Å². The van der Waals surface area contributed by atoms with E-state index in [4.69, 9.17) is 5.73 Å². The van der Waals surface area contributed by atoms with Crippen LogP contribution in [0.2, 0.25) is 0 Å². The number of aromatic nitrogens is 1. The molecule has 3 heterocycles. The van der Waals surface area contributed by atoms with Crippen molar-refractivity contribution >= 4 is 36.5 Å². The molecule has 2 atom stereocenters. The molecule has 2 saturated heterocycles. The maximum Gasteiger partial charge on any atom is 0.255 e. The highest BCUT2D eigenvalue weighted by molar-refractivity contribution is 5.94. The van der Waals surface area contributed by atoms with Crippen LogP contribution < -0.4 is 10.6 Å². The topological polar surface area (TPSA) is 62.5 Å². The number of hydrogen-bond donors (Lipinski definition) is 1. The lowest BCUT2D eigenvalue weighted by atomic mass is 9.96. The molecule has 3 rings (SSSR count). The second-order valence-electron chi connectivity index (χ2n) is 7.23. The molecule has 1 aromatic rings. The number of piperidine rings is 1. The van der Waals surface area contributed by atoms with Gasteiger partial charge in [-0.1, -0.05) is 12.8 Å². The quantitative estimate of drug-likeness (QED) is 0.837. The summed E-state index contributed by atoms with van der Waals surface area (Å²) in [6, 6.07) is 4.10. The molecule has 0 saturated carbocycles. The molecule has 2 unspecified atom stereocenters. The first kappa shape index (κ1) is 23.0. The highest BCUT2D eigenvalue weighted by Gasteiger charge is 2.30. The molecule has 0 aliphatic carbocycles. The Labute approximate surface area is 169 Å². The van der Waals surface area contributed by atoms with Gasteiger partial charge in [-0.3, -0.25) is 4.79 Å². The van der Waals surface area contributed by atoms with Crippen LogP contribution in [-0.4, -0.2) is 47.5 Å². The fourth-order valence-corrected chi connectivity index (χ4v) is 3.92. The zero-order valence-electron chi connectivity index (χ0n) is 15.6.